The molecule has 0 saturated heterocycles. The Hall–Kier alpha value is -3.21. The van der Waals surface area contributed by atoms with Crippen LogP contribution in [0.2, 0.25) is 0 Å². The number of nitrogens with two attached hydrogens (primary N) is 1. The molecule has 0 spiro atoms. The molecule has 0 unspecified atom stereocenters. The van der Waals surface area contributed by atoms with Gasteiger partial charge >= 0.3 is 0 Å². The van der Waals surface area contributed by atoms with Gasteiger partial charge in [0.25, 0.3) is 5.69 Å². The molecule has 0 radical (unpaired) electrons. The Morgan fingerprint density at radius 2 is 2.04 bits per heavy atom. The van der Waals surface area contributed by atoms with Crippen LogP contribution < -0.4 is 11.1 Å². The number of aromatic nitrogens is 5. The monoisotopic (exact) mass is 322 g/mol. The number of nitrogen functional groups attached to an aromatic ring is 1. The van der Waals surface area contributed by atoms with Gasteiger partial charge in [-0.05, 0) is 20.8 Å². The molecule has 3 heterocycles. The van der Waals surface area contributed by atoms with Crippen molar-refractivity contribution >= 4 is 23.0 Å². The summed E-state index contributed by atoms with van der Waals surface area (Å²) < 4.78 is 1.52. The van der Waals surface area contributed by atoms with Crippen LogP contribution in [0, 0.1) is 27.3 Å². The van der Waals surface area contributed by atoms with E-state index in [2.05, 4.69) is 30.2 Å². The van der Waals surface area contributed by atoms with Crippen LogP contribution in [0.25, 0.3) is 10.5 Å². The number of aryl methyl sites for hydroxylation is 3. The van der Waals surface area contributed by atoms with Crippen molar-refractivity contribution in [3.63, 3.8) is 0 Å². The van der Waals surface area contributed by atoms with Crippen molar-refractivity contribution in [2.24, 2.45) is 0 Å². The van der Waals surface area contributed by atoms with Gasteiger partial charge in [-0.25, -0.2) is 14.3 Å². The highest BCUT2D eigenvalue weighted by atomic mass is 15.3. The molecule has 3 rings (SSSR count). The summed E-state index contributed by atoms with van der Waals surface area (Å²) >= 11 is 0. The molecule has 0 fully saturated rings. The zero-order chi connectivity index (χ0) is 17.3. The second kappa shape index (κ2) is 6.12. The lowest BCUT2D eigenvalue weighted by atomic mass is 10.3. The van der Waals surface area contributed by atoms with Crippen LogP contribution in [0.3, 0.4) is 0 Å². The Morgan fingerprint density at radius 1 is 1.25 bits per heavy atom. The number of anilines is 2. The standard InChI is InChI=1S/C16H18N8/c1-9-7-19-8-12(21-9)5-6-20-15-13(18-4)14(17)24-16(22-15)10(2)11(3)23-24/h7-8H,5-6,17H2,1-3H3,(H,20,22). The second-order valence-corrected chi connectivity index (χ2v) is 5.58. The molecule has 0 aliphatic heterocycles. The van der Waals surface area contributed by atoms with Gasteiger partial charge in [0.2, 0.25) is 0 Å². The molecule has 0 amide bonds. The van der Waals surface area contributed by atoms with E-state index in [0.29, 0.717) is 30.2 Å². The Balaban J connectivity index is 1.88. The molecule has 0 aromatic carbocycles. The maximum Gasteiger partial charge on any atom is 0.268 e. The summed E-state index contributed by atoms with van der Waals surface area (Å²) in [5.74, 6) is 0.766. The summed E-state index contributed by atoms with van der Waals surface area (Å²) in [5, 5.41) is 7.53. The Kier molecular flexibility index (Phi) is 4.00. The van der Waals surface area contributed by atoms with Gasteiger partial charge < -0.3 is 11.1 Å². The minimum absolute atomic E-state index is 0.278. The third kappa shape index (κ3) is 2.72. The fourth-order valence-electron chi connectivity index (χ4n) is 2.45. The van der Waals surface area contributed by atoms with Gasteiger partial charge in [0.15, 0.2) is 5.65 Å². The molecule has 0 atom stereocenters. The molecule has 8 heteroatoms. The van der Waals surface area contributed by atoms with Crippen LogP contribution in [-0.2, 0) is 6.42 Å². The molecule has 0 aliphatic rings. The Morgan fingerprint density at radius 3 is 2.75 bits per heavy atom. The first-order valence-corrected chi connectivity index (χ1v) is 7.55. The van der Waals surface area contributed by atoms with E-state index in [1.807, 2.05) is 20.8 Å². The summed E-state index contributed by atoms with van der Waals surface area (Å²) in [7, 11) is 0. The molecule has 3 N–H and O–H groups in total. The minimum atomic E-state index is 0.278. The lowest BCUT2D eigenvalue weighted by Gasteiger charge is -2.10. The van der Waals surface area contributed by atoms with Crippen molar-refractivity contribution in [1.82, 2.24) is 24.6 Å². The minimum Gasteiger partial charge on any atom is -0.392 e. The molecule has 3 aromatic rings. The first-order valence-electron chi connectivity index (χ1n) is 7.55. The Labute approximate surface area is 139 Å². The average Bonchev–Trinajstić information content (AvgIpc) is 2.84. The largest absolute Gasteiger partial charge is 0.392 e. The predicted molar refractivity (Wildman–Crippen MR) is 92.1 cm³/mol. The van der Waals surface area contributed by atoms with Gasteiger partial charge in [0.1, 0.15) is 11.6 Å². The van der Waals surface area contributed by atoms with Crippen molar-refractivity contribution < 1.29 is 0 Å². The number of hydrogen-bond acceptors (Lipinski definition) is 6. The van der Waals surface area contributed by atoms with Gasteiger partial charge in [-0.3, -0.25) is 9.97 Å². The van der Waals surface area contributed by atoms with Crippen LogP contribution >= 0.6 is 0 Å². The third-order valence-corrected chi connectivity index (χ3v) is 3.83. The summed E-state index contributed by atoms with van der Waals surface area (Å²) in [6, 6.07) is 0. The van der Waals surface area contributed by atoms with E-state index >= 15 is 0 Å². The van der Waals surface area contributed by atoms with Crippen molar-refractivity contribution in [3.8, 4) is 0 Å². The number of hydrogen-bond donors (Lipinski definition) is 2. The van der Waals surface area contributed by atoms with Crippen LogP contribution in [-0.4, -0.2) is 31.1 Å². The highest BCUT2D eigenvalue weighted by molar-refractivity contribution is 5.80. The van der Waals surface area contributed by atoms with Crippen molar-refractivity contribution in [2.75, 3.05) is 17.6 Å². The molecule has 0 bridgehead atoms. The van der Waals surface area contributed by atoms with Gasteiger partial charge in [-0.15, -0.1) is 0 Å². The lowest BCUT2D eigenvalue weighted by Crippen LogP contribution is -2.10. The highest BCUT2D eigenvalue weighted by Crippen LogP contribution is 2.32. The number of nitrogens with zero attached hydrogens (tertiary/aromatic N) is 6. The van der Waals surface area contributed by atoms with Gasteiger partial charge in [-0.1, -0.05) is 0 Å². The van der Waals surface area contributed by atoms with Gasteiger partial charge in [0, 0.05) is 30.9 Å². The van der Waals surface area contributed by atoms with Gasteiger partial charge in [0.05, 0.1) is 23.7 Å². The van der Waals surface area contributed by atoms with Crippen LogP contribution in [0.4, 0.5) is 17.3 Å². The second-order valence-electron chi connectivity index (χ2n) is 5.58. The van der Waals surface area contributed by atoms with Gasteiger partial charge in [-0.2, -0.15) is 5.10 Å². The molecule has 3 aromatic heterocycles. The SMILES string of the molecule is [C-]#[N+]c1c(NCCc2cncc(C)n2)nc2c(C)c(C)nn2c1N. The quantitative estimate of drug-likeness (QED) is 0.715. The van der Waals surface area contributed by atoms with Crippen molar-refractivity contribution in [2.45, 2.75) is 27.2 Å². The molecule has 0 saturated carbocycles. The van der Waals surface area contributed by atoms with E-state index in [-0.39, 0.29) is 5.69 Å². The van der Waals surface area contributed by atoms with E-state index in [4.69, 9.17) is 12.3 Å². The van der Waals surface area contributed by atoms with E-state index in [9.17, 15) is 0 Å². The molecule has 8 nitrogen and oxygen atoms in total. The Bertz CT molecular complexity index is 951. The molecule has 24 heavy (non-hydrogen) atoms. The predicted octanol–water partition coefficient (Wildman–Crippen LogP) is 2.23. The van der Waals surface area contributed by atoms with Crippen LogP contribution in [0.5, 0.6) is 0 Å². The van der Waals surface area contributed by atoms with Crippen LogP contribution in [0.1, 0.15) is 22.6 Å². The number of fused-ring (bicyclic) bond motifs is 1. The van der Waals surface area contributed by atoms with Crippen molar-refractivity contribution in [1.29, 1.82) is 0 Å². The molecule has 122 valence electrons. The normalized spacial score (nSPS) is 10.8. The maximum absolute atomic E-state index is 7.39. The summed E-state index contributed by atoms with van der Waals surface area (Å²) in [6.45, 7) is 13.7. The smallest absolute Gasteiger partial charge is 0.268 e. The van der Waals surface area contributed by atoms with E-state index in [0.717, 1.165) is 22.6 Å². The topological polar surface area (TPSA) is 98.4 Å². The third-order valence-electron chi connectivity index (χ3n) is 3.83. The van der Waals surface area contributed by atoms with E-state index in [1.165, 1.54) is 4.52 Å². The number of nitrogens with one attached hydrogen (secondary N) is 1. The zero-order valence-corrected chi connectivity index (χ0v) is 13.8. The average molecular weight is 322 g/mol. The number of rotatable bonds is 4. The summed E-state index contributed by atoms with van der Waals surface area (Å²) in [6.07, 6.45) is 4.13. The lowest BCUT2D eigenvalue weighted by molar-refractivity contribution is 0.909. The fraction of sp³-hybridized carbons (Fsp3) is 0.312. The fourth-order valence-corrected chi connectivity index (χ4v) is 2.45. The first-order chi connectivity index (χ1) is 11.5. The maximum atomic E-state index is 7.39. The molecular formula is C16H18N8. The summed E-state index contributed by atoms with van der Waals surface area (Å²) in [4.78, 5) is 16.6. The molecule has 0 aliphatic carbocycles. The zero-order valence-electron chi connectivity index (χ0n) is 13.8. The molecular weight excluding hydrogens is 304 g/mol. The van der Waals surface area contributed by atoms with Crippen LogP contribution in [0.15, 0.2) is 12.4 Å². The highest BCUT2D eigenvalue weighted by Gasteiger charge is 2.17. The van der Waals surface area contributed by atoms with Crippen molar-refractivity contribution in [3.05, 3.63) is 46.5 Å². The first kappa shape index (κ1) is 15.7. The van der Waals surface area contributed by atoms with E-state index in [1.54, 1.807) is 12.4 Å². The van der Waals surface area contributed by atoms with E-state index < -0.39 is 0 Å². The summed E-state index contributed by atoms with van der Waals surface area (Å²) in [5.41, 5.74) is 10.6.